The molecule has 0 aliphatic carbocycles. The van der Waals surface area contributed by atoms with E-state index in [2.05, 4.69) is 14.7 Å². The minimum Gasteiger partial charge on any atom is -0.355 e. The minimum atomic E-state index is -4.66. The number of nitrogens with zero attached hydrogens (tertiary/aromatic N) is 3. The zero-order valence-corrected chi connectivity index (χ0v) is 19.7. The Balaban J connectivity index is 0.00000324. The van der Waals surface area contributed by atoms with Crippen LogP contribution in [0.15, 0.2) is 59.6 Å². The van der Waals surface area contributed by atoms with Gasteiger partial charge in [0.2, 0.25) is 0 Å². The molecule has 3 N–H and O–H groups in total. The number of halogens is 4. The van der Waals surface area contributed by atoms with Crippen molar-refractivity contribution >= 4 is 34.1 Å². The van der Waals surface area contributed by atoms with Gasteiger partial charge in [-0.15, -0.1) is 12.4 Å². The number of nitrogens with one attached hydrogen (secondary N) is 1. The number of pyridine rings is 2. The molecule has 2 aromatic heterocycles. The Morgan fingerprint density at radius 1 is 1.06 bits per heavy atom. The van der Waals surface area contributed by atoms with Crippen LogP contribution in [0.4, 0.5) is 24.8 Å². The van der Waals surface area contributed by atoms with Crippen LogP contribution >= 0.6 is 12.4 Å². The third-order valence-corrected chi connectivity index (χ3v) is 6.63. The third kappa shape index (κ3) is 5.43. The number of rotatable bonds is 5. The molecule has 182 valence electrons. The Hall–Kier alpha value is -2.89. The molecule has 3 heterocycles. The zero-order chi connectivity index (χ0) is 23.8. The zero-order valence-electron chi connectivity index (χ0n) is 18.1. The monoisotopic (exact) mass is 513 g/mol. The number of hydrogen-bond acceptors (Lipinski definition) is 6. The molecular weight excluding hydrogens is 491 g/mol. The van der Waals surface area contributed by atoms with E-state index in [-0.39, 0.29) is 40.6 Å². The second kappa shape index (κ2) is 9.77. The molecule has 34 heavy (non-hydrogen) atoms. The van der Waals surface area contributed by atoms with E-state index in [1.807, 2.05) is 4.90 Å². The van der Waals surface area contributed by atoms with Gasteiger partial charge in [-0.2, -0.15) is 21.6 Å². The summed E-state index contributed by atoms with van der Waals surface area (Å²) in [6.45, 7) is 2.88. The SMILES string of the molecule is Cc1ccccc1-c1nc(NS(=O)(=O)c2cccc(N3CC[C@@H](N)C3)n2)ccc1C(F)(F)F.Cl. The van der Waals surface area contributed by atoms with Crippen LogP contribution in [0.5, 0.6) is 0 Å². The second-order valence-corrected chi connectivity index (χ2v) is 9.47. The van der Waals surface area contributed by atoms with E-state index >= 15 is 0 Å². The third-order valence-electron chi connectivity index (χ3n) is 5.37. The Morgan fingerprint density at radius 3 is 2.44 bits per heavy atom. The first-order chi connectivity index (χ1) is 15.5. The van der Waals surface area contributed by atoms with Crippen molar-refractivity contribution in [1.82, 2.24) is 9.97 Å². The number of alkyl halides is 3. The quantitative estimate of drug-likeness (QED) is 0.529. The molecule has 1 saturated heterocycles. The second-order valence-electron chi connectivity index (χ2n) is 7.84. The molecular formula is C22H23ClF3N5O2S. The fourth-order valence-corrected chi connectivity index (χ4v) is 4.67. The van der Waals surface area contributed by atoms with Gasteiger partial charge in [-0.25, -0.2) is 9.97 Å². The van der Waals surface area contributed by atoms with Crippen LogP contribution in [0, 0.1) is 6.92 Å². The lowest BCUT2D eigenvalue weighted by Gasteiger charge is -2.18. The lowest BCUT2D eigenvalue weighted by Crippen LogP contribution is -2.27. The summed E-state index contributed by atoms with van der Waals surface area (Å²) < 4.78 is 69.0. The van der Waals surface area contributed by atoms with E-state index in [4.69, 9.17) is 5.73 Å². The number of aromatic nitrogens is 2. The number of benzene rings is 1. The topological polar surface area (TPSA) is 101 Å². The summed E-state index contributed by atoms with van der Waals surface area (Å²) in [5, 5.41) is -0.264. The summed E-state index contributed by atoms with van der Waals surface area (Å²) >= 11 is 0. The van der Waals surface area contributed by atoms with Crippen LogP contribution < -0.4 is 15.4 Å². The highest BCUT2D eigenvalue weighted by Crippen LogP contribution is 2.38. The van der Waals surface area contributed by atoms with E-state index in [1.165, 1.54) is 12.1 Å². The normalized spacial score (nSPS) is 16.3. The number of nitrogens with two attached hydrogens (primary N) is 1. The molecule has 0 radical (unpaired) electrons. The van der Waals surface area contributed by atoms with Gasteiger partial charge in [0.25, 0.3) is 10.0 Å². The maximum Gasteiger partial charge on any atom is 0.418 e. The molecule has 1 fully saturated rings. The van der Waals surface area contributed by atoms with Crippen LogP contribution in [0.2, 0.25) is 0 Å². The van der Waals surface area contributed by atoms with Gasteiger partial charge in [-0.3, -0.25) is 4.72 Å². The molecule has 1 aliphatic rings. The predicted molar refractivity (Wildman–Crippen MR) is 127 cm³/mol. The maximum absolute atomic E-state index is 13.6. The maximum atomic E-state index is 13.6. The Kier molecular flexibility index (Phi) is 7.39. The van der Waals surface area contributed by atoms with Crippen molar-refractivity contribution < 1.29 is 21.6 Å². The van der Waals surface area contributed by atoms with Crippen molar-refractivity contribution in [3.63, 3.8) is 0 Å². The highest BCUT2D eigenvalue weighted by molar-refractivity contribution is 7.92. The Labute approximate surface area is 201 Å². The van der Waals surface area contributed by atoms with Crippen molar-refractivity contribution in [2.24, 2.45) is 5.73 Å². The van der Waals surface area contributed by atoms with Gasteiger partial charge in [-0.1, -0.05) is 30.3 Å². The largest absolute Gasteiger partial charge is 0.418 e. The van der Waals surface area contributed by atoms with Crippen LogP contribution in [-0.4, -0.2) is 37.5 Å². The molecule has 1 atom stereocenters. The van der Waals surface area contributed by atoms with Crippen molar-refractivity contribution in [3.05, 3.63) is 65.7 Å². The average Bonchev–Trinajstić information content (AvgIpc) is 3.19. The molecule has 0 amide bonds. The smallest absolute Gasteiger partial charge is 0.355 e. The molecule has 0 saturated carbocycles. The first-order valence-electron chi connectivity index (χ1n) is 10.2. The van der Waals surface area contributed by atoms with Gasteiger partial charge in [-0.05, 0) is 43.2 Å². The van der Waals surface area contributed by atoms with Crippen LogP contribution in [0.1, 0.15) is 17.5 Å². The molecule has 12 heteroatoms. The fourth-order valence-electron chi connectivity index (χ4n) is 3.70. The number of sulfonamides is 1. The predicted octanol–water partition coefficient (Wildman–Crippen LogP) is 4.23. The average molecular weight is 514 g/mol. The van der Waals surface area contributed by atoms with Gasteiger partial charge < -0.3 is 10.6 Å². The number of anilines is 2. The summed E-state index contributed by atoms with van der Waals surface area (Å²) in [5.74, 6) is 0.225. The molecule has 0 unspecified atom stereocenters. The van der Waals surface area contributed by atoms with E-state index in [1.54, 1.807) is 37.3 Å². The lowest BCUT2D eigenvalue weighted by atomic mass is 10.0. The molecule has 3 aromatic rings. The molecule has 7 nitrogen and oxygen atoms in total. The summed E-state index contributed by atoms with van der Waals surface area (Å²) in [4.78, 5) is 10.1. The molecule has 0 spiro atoms. The van der Waals surface area contributed by atoms with Crippen molar-refractivity contribution in [2.75, 3.05) is 22.7 Å². The highest BCUT2D eigenvalue weighted by atomic mass is 35.5. The van der Waals surface area contributed by atoms with Gasteiger partial charge in [0.05, 0.1) is 11.3 Å². The first-order valence-corrected chi connectivity index (χ1v) is 11.7. The summed E-state index contributed by atoms with van der Waals surface area (Å²) in [6.07, 6.45) is -3.89. The van der Waals surface area contributed by atoms with E-state index in [0.717, 1.165) is 18.6 Å². The van der Waals surface area contributed by atoms with Gasteiger partial charge in [0, 0.05) is 24.7 Å². The van der Waals surface area contributed by atoms with Gasteiger partial charge >= 0.3 is 6.18 Å². The van der Waals surface area contributed by atoms with Gasteiger partial charge in [0.15, 0.2) is 5.03 Å². The molecule has 0 bridgehead atoms. The van der Waals surface area contributed by atoms with Crippen molar-refractivity contribution in [3.8, 4) is 11.3 Å². The minimum absolute atomic E-state index is 0. The summed E-state index contributed by atoms with van der Waals surface area (Å²) in [6, 6.07) is 12.8. The van der Waals surface area contributed by atoms with Gasteiger partial charge in [0.1, 0.15) is 11.6 Å². The number of aryl methyl sites for hydroxylation is 1. The Bertz CT molecular complexity index is 1290. The number of hydrogen-bond donors (Lipinski definition) is 2. The van der Waals surface area contributed by atoms with E-state index in [0.29, 0.717) is 24.5 Å². The van der Waals surface area contributed by atoms with Crippen LogP contribution in [0.25, 0.3) is 11.3 Å². The standard InChI is InChI=1S/C22H22F3N5O2S.ClH/c1-14-5-2-3-6-16(14)21-17(22(23,24)25)9-10-18(27-21)29-33(31,32)20-8-4-7-19(28-20)30-12-11-15(26)13-30;/h2-10,15H,11-13,26H2,1H3,(H,27,29);1H/t15-;/m1./s1. The first kappa shape index (κ1) is 25.7. The molecule has 4 rings (SSSR count). The molecule has 1 aromatic carbocycles. The summed E-state index contributed by atoms with van der Waals surface area (Å²) in [7, 11) is -4.20. The highest BCUT2D eigenvalue weighted by Gasteiger charge is 2.35. The fraction of sp³-hybridized carbons (Fsp3) is 0.273. The summed E-state index contributed by atoms with van der Waals surface area (Å²) in [5.41, 5.74) is 5.45. The van der Waals surface area contributed by atoms with Crippen molar-refractivity contribution in [1.29, 1.82) is 0 Å². The van der Waals surface area contributed by atoms with E-state index < -0.39 is 21.8 Å². The van der Waals surface area contributed by atoms with E-state index in [9.17, 15) is 21.6 Å². The molecule has 1 aliphatic heterocycles. The van der Waals surface area contributed by atoms with Crippen LogP contribution in [-0.2, 0) is 16.2 Å². The van der Waals surface area contributed by atoms with Crippen molar-refractivity contribution in [2.45, 2.75) is 30.6 Å². The lowest BCUT2D eigenvalue weighted by molar-refractivity contribution is -0.137. The van der Waals surface area contributed by atoms with Crippen LogP contribution in [0.3, 0.4) is 0 Å². The Morgan fingerprint density at radius 2 is 1.79 bits per heavy atom.